The molecule has 1 atom stereocenters. The first-order valence-corrected chi connectivity index (χ1v) is 5.95. The van der Waals surface area contributed by atoms with E-state index in [2.05, 4.69) is 20.4 Å². The number of anilines is 1. The summed E-state index contributed by atoms with van der Waals surface area (Å²) < 4.78 is 1.58. The molecule has 1 fully saturated rings. The number of nitrogens with one attached hydrogen (secondary N) is 1. The molecule has 0 spiro atoms. The van der Waals surface area contributed by atoms with Crippen LogP contribution in [0.4, 0.5) is 5.82 Å². The minimum Gasteiger partial charge on any atom is -0.353 e. The first kappa shape index (κ1) is 11.2. The van der Waals surface area contributed by atoms with E-state index in [-0.39, 0.29) is 11.9 Å². The van der Waals surface area contributed by atoms with Crippen LogP contribution in [-0.4, -0.2) is 44.6 Å². The normalized spacial score (nSPS) is 20.2. The molecule has 7 nitrogen and oxygen atoms in total. The number of amides is 1. The number of hydrogen-bond acceptors (Lipinski definition) is 5. The highest BCUT2D eigenvalue weighted by atomic mass is 35.5. The lowest BCUT2D eigenvalue weighted by atomic mass is 10.2. The number of aromatic nitrogens is 4. The van der Waals surface area contributed by atoms with Crippen LogP contribution < -0.4 is 10.2 Å². The highest BCUT2D eigenvalue weighted by molar-refractivity contribution is 6.29. The Hall–Kier alpha value is -1.89. The molecule has 0 aliphatic carbocycles. The highest BCUT2D eigenvalue weighted by Crippen LogP contribution is 2.21. The molecule has 2 aromatic heterocycles. The van der Waals surface area contributed by atoms with Crippen LogP contribution in [-0.2, 0) is 4.79 Å². The van der Waals surface area contributed by atoms with Gasteiger partial charge in [-0.1, -0.05) is 11.6 Å². The van der Waals surface area contributed by atoms with Crippen LogP contribution >= 0.6 is 11.6 Å². The zero-order chi connectivity index (χ0) is 12.7. The summed E-state index contributed by atoms with van der Waals surface area (Å²) in [6, 6.07) is 1.42. The van der Waals surface area contributed by atoms with Gasteiger partial charge in [0.2, 0.25) is 5.91 Å². The largest absolute Gasteiger partial charge is 0.353 e. The average Bonchev–Trinajstić information content (AvgIpc) is 2.79. The zero-order valence-corrected chi connectivity index (χ0v) is 10.4. The maximum Gasteiger partial charge on any atom is 0.255 e. The number of nitrogens with zero attached hydrogens (tertiary/aromatic N) is 5. The summed E-state index contributed by atoms with van der Waals surface area (Å²) in [5, 5.41) is 7.26. The van der Waals surface area contributed by atoms with Crippen LogP contribution in [0.3, 0.4) is 0 Å². The summed E-state index contributed by atoms with van der Waals surface area (Å²) >= 11 is 5.96. The van der Waals surface area contributed by atoms with Crippen molar-refractivity contribution in [1.29, 1.82) is 0 Å². The number of rotatable bonds is 1. The Morgan fingerprint density at radius 2 is 2.39 bits per heavy atom. The second kappa shape index (κ2) is 4.09. The maximum atomic E-state index is 11.7. The first-order valence-electron chi connectivity index (χ1n) is 5.57. The van der Waals surface area contributed by atoms with Crippen molar-refractivity contribution >= 4 is 29.1 Å². The van der Waals surface area contributed by atoms with Gasteiger partial charge in [-0.2, -0.15) is 19.6 Å². The fourth-order valence-electron chi connectivity index (χ4n) is 2.07. The number of fused-ring (bicyclic) bond motifs is 1. The van der Waals surface area contributed by atoms with Gasteiger partial charge in [-0.15, -0.1) is 0 Å². The Labute approximate surface area is 108 Å². The van der Waals surface area contributed by atoms with E-state index in [1.165, 1.54) is 6.33 Å². The minimum atomic E-state index is -0.274. The number of carbonyl (C=O) groups excluding carboxylic acids is 1. The van der Waals surface area contributed by atoms with E-state index >= 15 is 0 Å². The standard InChI is InChI=1S/C10H11ClN6O/c1-6-9(18)12-2-3-16(6)8-4-7(11)15-10-13-5-14-17(8)10/h4-6H,2-3H2,1H3,(H,12,18). The molecule has 2 aromatic rings. The summed E-state index contributed by atoms with van der Waals surface area (Å²) in [7, 11) is 0. The van der Waals surface area contributed by atoms with Crippen molar-refractivity contribution in [2.45, 2.75) is 13.0 Å². The SMILES string of the molecule is CC1C(=O)NCCN1c1cc(Cl)nc2ncnn12. The Kier molecular flexibility index (Phi) is 2.55. The highest BCUT2D eigenvalue weighted by Gasteiger charge is 2.27. The third kappa shape index (κ3) is 1.67. The third-order valence-corrected chi connectivity index (χ3v) is 3.19. The molecule has 1 amide bonds. The van der Waals surface area contributed by atoms with Crippen molar-refractivity contribution in [2.24, 2.45) is 0 Å². The molecular formula is C10H11ClN6O. The van der Waals surface area contributed by atoms with Gasteiger partial charge in [0.25, 0.3) is 5.78 Å². The van der Waals surface area contributed by atoms with E-state index < -0.39 is 0 Å². The quantitative estimate of drug-likeness (QED) is 0.741. The third-order valence-electron chi connectivity index (χ3n) is 2.99. The number of carbonyl (C=O) groups is 1. The van der Waals surface area contributed by atoms with Crippen LogP contribution in [0.2, 0.25) is 5.15 Å². The molecule has 1 aliphatic rings. The topological polar surface area (TPSA) is 75.4 Å². The van der Waals surface area contributed by atoms with Gasteiger partial charge in [0.1, 0.15) is 23.3 Å². The second-order valence-electron chi connectivity index (χ2n) is 4.07. The summed E-state index contributed by atoms with van der Waals surface area (Å²) in [4.78, 5) is 21.7. The lowest BCUT2D eigenvalue weighted by Crippen LogP contribution is -2.54. The molecule has 1 saturated heterocycles. The molecule has 0 radical (unpaired) electrons. The summed E-state index contributed by atoms with van der Waals surface area (Å²) in [5.41, 5.74) is 0. The average molecular weight is 267 g/mol. The van der Waals surface area contributed by atoms with Gasteiger partial charge in [0, 0.05) is 19.2 Å². The van der Waals surface area contributed by atoms with Gasteiger partial charge >= 0.3 is 0 Å². The summed E-state index contributed by atoms with van der Waals surface area (Å²) in [6.45, 7) is 3.13. The molecule has 0 bridgehead atoms. The van der Waals surface area contributed by atoms with E-state index in [0.717, 1.165) is 5.82 Å². The molecule has 18 heavy (non-hydrogen) atoms. The predicted molar refractivity (Wildman–Crippen MR) is 65.6 cm³/mol. The van der Waals surface area contributed by atoms with E-state index in [9.17, 15) is 4.79 Å². The van der Waals surface area contributed by atoms with Gasteiger partial charge in [0.05, 0.1) is 0 Å². The van der Waals surface area contributed by atoms with Crippen molar-refractivity contribution in [3.05, 3.63) is 17.5 Å². The van der Waals surface area contributed by atoms with E-state index in [1.807, 2.05) is 11.8 Å². The smallest absolute Gasteiger partial charge is 0.255 e. The summed E-state index contributed by atoms with van der Waals surface area (Å²) in [5.74, 6) is 1.14. The Bertz CT molecular complexity index is 611. The predicted octanol–water partition coefficient (Wildman–Crippen LogP) is 0.102. The van der Waals surface area contributed by atoms with Crippen molar-refractivity contribution in [3.63, 3.8) is 0 Å². The second-order valence-corrected chi connectivity index (χ2v) is 4.46. The molecule has 0 aromatic carbocycles. The lowest BCUT2D eigenvalue weighted by molar-refractivity contribution is -0.122. The van der Waals surface area contributed by atoms with Crippen molar-refractivity contribution in [3.8, 4) is 0 Å². The zero-order valence-electron chi connectivity index (χ0n) is 9.67. The number of piperazine rings is 1. The summed E-state index contributed by atoms with van der Waals surface area (Å²) in [6.07, 6.45) is 1.41. The molecule has 0 saturated carbocycles. The van der Waals surface area contributed by atoms with Gasteiger partial charge in [0.15, 0.2) is 0 Å². The van der Waals surface area contributed by atoms with Gasteiger partial charge < -0.3 is 10.2 Å². The molecule has 1 aliphatic heterocycles. The Morgan fingerprint density at radius 1 is 1.56 bits per heavy atom. The monoisotopic (exact) mass is 266 g/mol. The molecule has 94 valence electrons. The minimum absolute atomic E-state index is 0.0116. The molecule has 3 heterocycles. The fourth-order valence-corrected chi connectivity index (χ4v) is 2.24. The number of hydrogen-bond donors (Lipinski definition) is 1. The lowest BCUT2D eigenvalue weighted by Gasteiger charge is -2.34. The molecule has 1 N–H and O–H groups in total. The molecule has 8 heteroatoms. The fraction of sp³-hybridized carbons (Fsp3) is 0.400. The molecule has 3 rings (SSSR count). The van der Waals surface area contributed by atoms with Crippen LogP contribution in [0, 0.1) is 0 Å². The first-order chi connectivity index (χ1) is 8.66. The van der Waals surface area contributed by atoms with Gasteiger partial charge in [-0.25, -0.2) is 0 Å². The van der Waals surface area contributed by atoms with Crippen LogP contribution in [0.5, 0.6) is 0 Å². The van der Waals surface area contributed by atoms with E-state index in [4.69, 9.17) is 11.6 Å². The Morgan fingerprint density at radius 3 is 3.22 bits per heavy atom. The molecular weight excluding hydrogens is 256 g/mol. The van der Waals surface area contributed by atoms with Crippen LogP contribution in [0.15, 0.2) is 12.4 Å². The van der Waals surface area contributed by atoms with Crippen LogP contribution in [0.1, 0.15) is 6.92 Å². The Balaban J connectivity index is 2.12. The van der Waals surface area contributed by atoms with Crippen molar-refractivity contribution in [2.75, 3.05) is 18.0 Å². The van der Waals surface area contributed by atoms with Gasteiger partial charge in [-0.05, 0) is 6.92 Å². The van der Waals surface area contributed by atoms with Crippen molar-refractivity contribution < 1.29 is 4.79 Å². The molecule has 1 unspecified atom stereocenters. The van der Waals surface area contributed by atoms with Crippen LogP contribution in [0.25, 0.3) is 5.78 Å². The van der Waals surface area contributed by atoms with Gasteiger partial charge in [-0.3, -0.25) is 4.79 Å². The maximum absolute atomic E-state index is 11.7. The van der Waals surface area contributed by atoms with Crippen molar-refractivity contribution in [1.82, 2.24) is 24.9 Å². The van der Waals surface area contributed by atoms with E-state index in [1.54, 1.807) is 10.6 Å². The van der Waals surface area contributed by atoms with E-state index in [0.29, 0.717) is 24.0 Å². The number of halogens is 1.